The Morgan fingerprint density at radius 3 is 2.38 bits per heavy atom. The smallest absolute Gasteiger partial charge is 0.295 e. The molecule has 1 saturated heterocycles. The molecule has 0 aromatic carbocycles. The highest BCUT2D eigenvalue weighted by atomic mass is 16.3. The lowest BCUT2D eigenvalue weighted by atomic mass is 9.44. The highest BCUT2D eigenvalue weighted by Crippen LogP contribution is 2.68. The molecule has 0 radical (unpaired) electrons. The first kappa shape index (κ1) is 28.1. The normalized spacial score (nSPS) is 40.2. The Kier molecular flexibility index (Phi) is 7.49. The van der Waals surface area contributed by atoms with E-state index < -0.39 is 0 Å². The van der Waals surface area contributed by atoms with Crippen LogP contribution in [0.5, 0.6) is 0 Å². The zero-order chi connectivity index (χ0) is 28.2. The molecule has 4 saturated carbocycles. The van der Waals surface area contributed by atoms with Crippen molar-refractivity contribution in [3.8, 4) is 0 Å². The van der Waals surface area contributed by atoms with E-state index in [-0.39, 0.29) is 23.7 Å². The van der Waals surface area contributed by atoms with Crippen LogP contribution in [0, 0.1) is 46.3 Å². The molecule has 1 aliphatic heterocycles. The molecule has 0 unspecified atom stereocenters. The molecule has 1 aromatic rings. The van der Waals surface area contributed by atoms with E-state index in [1.165, 1.54) is 49.7 Å². The number of aliphatic hydroxyl groups excluding tert-OH is 1. The van der Waals surface area contributed by atoms with Gasteiger partial charge in [0.1, 0.15) is 0 Å². The molecule has 9 atom stereocenters. The summed E-state index contributed by atoms with van der Waals surface area (Å²) in [6, 6.07) is 0. The molecule has 222 valence electrons. The van der Waals surface area contributed by atoms with Crippen molar-refractivity contribution in [2.24, 2.45) is 53.4 Å². The first-order valence-electron chi connectivity index (χ1n) is 16.1. The number of fused-ring (bicyclic) bond motifs is 5. The Morgan fingerprint density at radius 2 is 1.65 bits per heavy atom. The first-order valence-corrected chi connectivity index (χ1v) is 16.1. The van der Waals surface area contributed by atoms with Crippen molar-refractivity contribution in [3.63, 3.8) is 0 Å². The van der Waals surface area contributed by atoms with E-state index in [0.717, 1.165) is 37.0 Å². The number of aryl methyl sites for hydroxylation is 1. The number of rotatable bonds is 5. The standard InChI is InChI=1S/C31H50N6O3/c1-20(5-10-27(39)36-15-17-37(18-16-36)29(40)28-32-34-35(4)33-28)24-8-9-25-23-7-6-21-19-22(38)11-13-30(21,2)26(23)12-14-31(24,25)3/h20-26,38H,5-19H2,1-4H3/t20-,21+,22+,23+,24-,25+,26+,30+,31-/m1/s1. The molecule has 0 bridgehead atoms. The second kappa shape index (κ2) is 10.7. The van der Waals surface area contributed by atoms with Gasteiger partial charge >= 0.3 is 0 Å². The molecule has 2 amide bonds. The quantitative estimate of drug-likeness (QED) is 0.592. The number of hydrogen-bond donors (Lipinski definition) is 1. The summed E-state index contributed by atoms with van der Waals surface area (Å²) < 4.78 is 0. The lowest BCUT2D eigenvalue weighted by Gasteiger charge is -2.61. The van der Waals surface area contributed by atoms with E-state index in [2.05, 4.69) is 36.2 Å². The monoisotopic (exact) mass is 554 g/mol. The van der Waals surface area contributed by atoms with E-state index in [0.29, 0.717) is 61.2 Å². The van der Waals surface area contributed by atoms with Gasteiger partial charge in [0.25, 0.3) is 11.7 Å². The van der Waals surface area contributed by atoms with Gasteiger partial charge in [-0.3, -0.25) is 9.59 Å². The van der Waals surface area contributed by atoms with Crippen molar-refractivity contribution in [3.05, 3.63) is 5.82 Å². The van der Waals surface area contributed by atoms with Gasteiger partial charge in [0.05, 0.1) is 13.2 Å². The fourth-order valence-corrected chi connectivity index (χ4v) is 10.6. The summed E-state index contributed by atoms with van der Waals surface area (Å²) in [7, 11) is 1.65. The number of aliphatic hydroxyl groups is 1. The van der Waals surface area contributed by atoms with Crippen LogP contribution in [0.2, 0.25) is 0 Å². The van der Waals surface area contributed by atoms with Crippen LogP contribution in [0.4, 0.5) is 0 Å². The average Bonchev–Trinajstić information content (AvgIpc) is 3.54. The third kappa shape index (κ3) is 4.78. The molecular weight excluding hydrogens is 504 g/mol. The summed E-state index contributed by atoms with van der Waals surface area (Å²) in [5.74, 6) is 4.63. The summed E-state index contributed by atoms with van der Waals surface area (Å²) in [5.41, 5.74) is 0.834. The van der Waals surface area contributed by atoms with Crippen LogP contribution in [0.15, 0.2) is 0 Å². The highest BCUT2D eigenvalue weighted by molar-refractivity contribution is 5.90. The predicted octanol–water partition coefficient (Wildman–Crippen LogP) is 3.93. The molecule has 1 N–H and O–H groups in total. The van der Waals surface area contributed by atoms with Crippen LogP contribution < -0.4 is 0 Å². The summed E-state index contributed by atoms with van der Waals surface area (Å²) in [6.07, 6.45) is 12.8. The fourth-order valence-electron chi connectivity index (χ4n) is 10.6. The maximum atomic E-state index is 13.2. The summed E-state index contributed by atoms with van der Waals surface area (Å²) >= 11 is 0. The second-order valence-electron chi connectivity index (χ2n) is 14.6. The van der Waals surface area contributed by atoms with E-state index >= 15 is 0 Å². The molecule has 40 heavy (non-hydrogen) atoms. The van der Waals surface area contributed by atoms with Gasteiger partial charge in [0.15, 0.2) is 0 Å². The topological polar surface area (TPSA) is 104 Å². The molecule has 2 heterocycles. The largest absolute Gasteiger partial charge is 0.393 e. The Bertz CT molecular complexity index is 1100. The molecule has 0 spiro atoms. The lowest BCUT2D eigenvalue weighted by Crippen LogP contribution is -2.54. The van der Waals surface area contributed by atoms with Gasteiger partial charge in [-0.05, 0) is 116 Å². The maximum absolute atomic E-state index is 13.2. The van der Waals surface area contributed by atoms with Crippen molar-refractivity contribution in [2.45, 2.75) is 97.5 Å². The minimum atomic E-state index is -0.212. The van der Waals surface area contributed by atoms with Gasteiger partial charge < -0.3 is 14.9 Å². The number of piperazine rings is 1. The highest BCUT2D eigenvalue weighted by Gasteiger charge is 2.60. The number of nitrogens with zero attached hydrogens (tertiary/aromatic N) is 6. The molecule has 9 nitrogen and oxygen atoms in total. The van der Waals surface area contributed by atoms with Gasteiger partial charge in [-0.2, -0.15) is 4.80 Å². The van der Waals surface area contributed by atoms with Crippen molar-refractivity contribution in [2.75, 3.05) is 26.2 Å². The van der Waals surface area contributed by atoms with E-state index in [1.807, 2.05) is 4.90 Å². The molecule has 5 fully saturated rings. The molecule has 6 rings (SSSR count). The molecular formula is C31H50N6O3. The molecule has 1 aromatic heterocycles. The van der Waals surface area contributed by atoms with E-state index in [9.17, 15) is 14.7 Å². The third-order valence-electron chi connectivity index (χ3n) is 12.8. The van der Waals surface area contributed by atoms with E-state index in [4.69, 9.17) is 0 Å². The number of hydrogen-bond acceptors (Lipinski definition) is 6. The number of amides is 2. The number of tetrazole rings is 1. The number of carbonyl (C=O) groups excluding carboxylic acids is 2. The van der Waals surface area contributed by atoms with Crippen molar-refractivity contribution in [1.82, 2.24) is 30.0 Å². The Morgan fingerprint density at radius 1 is 0.950 bits per heavy atom. The fraction of sp³-hybridized carbons (Fsp3) is 0.903. The predicted molar refractivity (Wildman–Crippen MR) is 151 cm³/mol. The van der Waals surface area contributed by atoms with Gasteiger partial charge in [-0.25, -0.2) is 0 Å². The van der Waals surface area contributed by atoms with Crippen LogP contribution in [-0.4, -0.2) is 79.2 Å². The number of aromatic nitrogens is 4. The summed E-state index contributed by atoms with van der Waals surface area (Å²) in [4.78, 5) is 30.7. The van der Waals surface area contributed by atoms with Crippen LogP contribution in [0.3, 0.4) is 0 Å². The van der Waals surface area contributed by atoms with Crippen LogP contribution in [-0.2, 0) is 11.8 Å². The molecule has 9 heteroatoms. The van der Waals surface area contributed by atoms with Crippen molar-refractivity contribution < 1.29 is 14.7 Å². The van der Waals surface area contributed by atoms with Gasteiger partial charge in [0.2, 0.25) is 5.91 Å². The minimum Gasteiger partial charge on any atom is -0.393 e. The maximum Gasteiger partial charge on any atom is 0.295 e. The zero-order valence-corrected chi connectivity index (χ0v) is 25.1. The SMILES string of the molecule is C[C@H](CCC(=O)N1CCN(C(=O)c2nnn(C)n2)CC1)[C@H]1CC[C@H]2[C@@H]3CC[C@H]4C[C@@H](O)CC[C@]4(C)[C@H]3CC[C@]12C. The van der Waals surface area contributed by atoms with Crippen LogP contribution in [0.25, 0.3) is 0 Å². The van der Waals surface area contributed by atoms with E-state index in [1.54, 1.807) is 11.9 Å². The molecule has 4 aliphatic carbocycles. The zero-order valence-electron chi connectivity index (χ0n) is 25.1. The van der Waals surface area contributed by atoms with Crippen LogP contribution in [0.1, 0.15) is 102 Å². The Labute approximate surface area is 239 Å². The third-order valence-corrected chi connectivity index (χ3v) is 12.8. The lowest BCUT2D eigenvalue weighted by molar-refractivity contribution is -0.134. The Hall–Kier alpha value is -2.03. The molecule has 5 aliphatic rings. The van der Waals surface area contributed by atoms with Crippen molar-refractivity contribution in [1.29, 1.82) is 0 Å². The first-order chi connectivity index (χ1) is 19.1. The summed E-state index contributed by atoms with van der Waals surface area (Å²) in [6.45, 7) is 9.76. The number of carbonyl (C=O) groups is 2. The summed E-state index contributed by atoms with van der Waals surface area (Å²) in [5, 5.41) is 22.0. The van der Waals surface area contributed by atoms with Gasteiger partial charge in [0, 0.05) is 32.6 Å². The van der Waals surface area contributed by atoms with Crippen LogP contribution >= 0.6 is 0 Å². The van der Waals surface area contributed by atoms with Gasteiger partial charge in [-0.1, -0.05) is 20.8 Å². The Balaban J connectivity index is 1.01. The van der Waals surface area contributed by atoms with Gasteiger partial charge in [-0.15, -0.1) is 10.2 Å². The average molecular weight is 555 g/mol. The van der Waals surface area contributed by atoms with Crippen molar-refractivity contribution >= 4 is 11.8 Å². The second-order valence-corrected chi connectivity index (χ2v) is 14.6. The minimum absolute atomic E-state index is 0.0734.